The van der Waals surface area contributed by atoms with Crippen LogP contribution in [-0.2, 0) is 17.8 Å². The van der Waals surface area contributed by atoms with Crippen LogP contribution in [0, 0.1) is 5.82 Å². The molecule has 0 bridgehead atoms. The summed E-state index contributed by atoms with van der Waals surface area (Å²) >= 11 is 0. The highest BCUT2D eigenvalue weighted by molar-refractivity contribution is 5.91. The predicted molar refractivity (Wildman–Crippen MR) is 95.3 cm³/mol. The number of nitrogens with two attached hydrogens (primary N) is 1. The molecule has 1 heterocycles. The maximum absolute atomic E-state index is 13.4. The lowest BCUT2D eigenvalue weighted by Gasteiger charge is -2.09. The standard InChI is InChI=1S/C19H19FN4O/c20-17-5-1-15(10-21)14(9-17)4-8-19(25)24-18-6-2-13(3-7-18)16-11-22-23-12-16/h1-3,5-7,9,11-12H,4,8,10,21H2,(H,22,23)(H,24,25). The van der Waals surface area contributed by atoms with Gasteiger partial charge in [0.25, 0.3) is 0 Å². The minimum absolute atomic E-state index is 0.122. The summed E-state index contributed by atoms with van der Waals surface area (Å²) in [6, 6.07) is 12.0. The Morgan fingerprint density at radius 3 is 2.60 bits per heavy atom. The largest absolute Gasteiger partial charge is 0.326 e. The summed E-state index contributed by atoms with van der Waals surface area (Å²) in [6.45, 7) is 0.326. The fourth-order valence-electron chi connectivity index (χ4n) is 2.65. The van der Waals surface area contributed by atoms with E-state index >= 15 is 0 Å². The summed E-state index contributed by atoms with van der Waals surface area (Å²) in [5, 5.41) is 9.53. The molecule has 0 aliphatic carbocycles. The second-order valence-electron chi connectivity index (χ2n) is 5.73. The second kappa shape index (κ2) is 7.72. The highest BCUT2D eigenvalue weighted by Crippen LogP contribution is 2.20. The molecule has 3 rings (SSSR count). The van der Waals surface area contributed by atoms with Gasteiger partial charge in [0.15, 0.2) is 0 Å². The second-order valence-corrected chi connectivity index (χ2v) is 5.73. The number of hydrogen-bond acceptors (Lipinski definition) is 3. The Balaban J connectivity index is 1.58. The average Bonchev–Trinajstić information content (AvgIpc) is 3.15. The van der Waals surface area contributed by atoms with Crippen LogP contribution in [0.4, 0.5) is 10.1 Å². The number of benzene rings is 2. The monoisotopic (exact) mass is 338 g/mol. The van der Waals surface area contributed by atoms with E-state index in [0.29, 0.717) is 13.0 Å². The molecule has 5 nitrogen and oxygen atoms in total. The molecule has 0 saturated heterocycles. The van der Waals surface area contributed by atoms with Crippen molar-refractivity contribution in [2.24, 2.45) is 5.73 Å². The van der Waals surface area contributed by atoms with E-state index < -0.39 is 0 Å². The minimum atomic E-state index is -0.317. The number of aromatic amines is 1. The van der Waals surface area contributed by atoms with Crippen LogP contribution in [0.25, 0.3) is 11.1 Å². The molecule has 0 aliphatic rings. The van der Waals surface area contributed by atoms with Gasteiger partial charge < -0.3 is 11.1 Å². The highest BCUT2D eigenvalue weighted by Gasteiger charge is 2.08. The summed E-state index contributed by atoms with van der Waals surface area (Å²) in [7, 11) is 0. The lowest BCUT2D eigenvalue weighted by Crippen LogP contribution is -2.13. The first-order valence-corrected chi connectivity index (χ1v) is 8.02. The molecule has 0 atom stereocenters. The number of carbonyl (C=O) groups is 1. The van der Waals surface area contributed by atoms with E-state index in [-0.39, 0.29) is 18.1 Å². The van der Waals surface area contributed by atoms with Crippen LogP contribution >= 0.6 is 0 Å². The van der Waals surface area contributed by atoms with E-state index in [0.717, 1.165) is 27.9 Å². The molecule has 3 aromatic rings. The van der Waals surface area contributed by atoms with E-state index in [4.69, 9.17) is 5.73 Å². The Morgan fingerprint density at radius 2 is 1.92 bits per heavy atom. The molecule has 1 amide bonds. The smallest absolute Gasteiger partial charge is 0.224 e. The summed E-state index contributed by atoms with van der Waals surface area (Å²) in [5.74, 6) is -0.439. The first kappa shape index (κ1) is 16.9. The van der Waals surface area contributed by atoms with E-state index in [2.05, 4.69) is 15.5 Å². The van der Waals surface area contributed by atoms with Gasteiger partial charge in [0.1, 0.15) is 5.82 Å². The summed E-state index contributed by atoms with van der Waals surface area (Å²) in [6.07, 6.45) is 4.26. The molecule has 0 aliphatic heterocycles. The van der Waals surface area contributed by atoms with Gasteiger partial charge in [-0.2, -0.15) is 5.10 Å². The topological polar surface area (TPSA) is 83.8 Å². The molecule has 6 heteroatoms. The zero-order valence-corrected chi connectivity index (χ0v) is 13.6. The van der Waals surface area contributed by atoms with Crippen molar-refractivity contribution in [2.75, 3.05) is 5.32 Å². The van der Waals surface area contributed by atoms with E-state index in [1.807, 2.05) is 30.5 Å². The average molecular weight is 338 g/mol. The number of H-pyrrole nitrogens is 1. The molecule has 0 fully saturated rings. The van der Waals surface area contributed by atoms with Crippen molar-refractivity contribution < 1.29 is 9.18 Å². The third-order valence-corrected chi connectivity index (χ3v) is 4.01. The van der Waals surface area contributed by atoms with Gasteiger partial charge in [-0.1, -0.05) is 18.2 Å². The van der Waals surface area contributed by atoms with Gasteiger partial charge in [0.05, 0.1) is 6.20 Å². The zero-order valence-electron chi connectivity index (χ0n) is 13.6. The van der Waals surface area contributed by atoms with Crippen molar-refractivity contribution >= 4 is 11.6 Å². The third kappa shape index (κ3) is 4.30. The summed E-state index contributed by atoms with van der Waals surface area (Å²) < 4.78 is 13.4. The van der Waals surface area contributed by atoms with Crippen LogP contribution in [0.5, 0.6) is 0 Å². The first-order valence-electron chi connectivity index (χ1n) is 8.02. The molecular weight excluding hydrogens is 319 g/mol. The maximum Gasteiger partial charge on any atom is 0.224 e. The van der Waals surface area contributed by atoms with Crippen LogP contribution in [0.1, 0.15) is 17.5 Å². The Bertz CT molecular complexity index is 844. The van der Waals surface area contributed by atoms with Crippen molar-refractivity contribution in [2.45, 2.75) is 19.4 Å². The van der Waals surface area contributed by atoms with Crippen LogP contribution in [-0.4, -0.2) is 16.1 Å². The number of amides is 1. The number of aryl methyl sites for hydroxylation is 1. The lowest BCUT2D eigenvalue weighted by atomic mass is 10.0. The van der Waals surface area contributed by atoms with Gasteiger partial charge in [0, 0.05) is 30.4 Å². The first-order chi connectivity index (χ1) is 12.2. The van der Waals surface area contributed by atoms with Crippen molar-refractivity contribution in [3.8, 4) is 11.1 Å². The van der Waals surface area contributed by atoms with Crippen LogP contribution in [0.15, 0.2) is 54.9 Å². The normalized spacial score (nSPS) is 10.6. The minimum Gasteiger partial charge on any atom is -0.326 e. The third-order valence-electron chi connectivity index (χ3n) is 4.01. The molecule has 128 valence electrons. The molecule has 4 N–H and O–H groups in total. The van der Waals surface area contributed by atoms with Gasteiger partial charge in [-0.15, -0.1) is 0 Å². The number of nitrogens with zero attached hydrogens (tertiary/aromatic N) is 1. The van der Waals surface area contributed by atoms with Crippen LogP contribution in [0.2, 0.25) is 0 Å². The van der Waals surface area contributed by atoms with Gasteiger partial charge in [-0.3, -0.25) is 9.89 Å². The van der Waals surface area contributed by atoms with E-state index in [9.17, 15) is 9.18 Å². The zero-order chi connectivity index (χ0) is 17.6. The predicted octanol–water partition coefficient (Wildman–Crippen LogP) is 3.25. The SMILES string of the molecule is NCc1ccc(F)cc1CCC(=O)Nc1ccc(-c2cn[nH]c2)cc1. The van der Waals surface area contributed by atoms with Gasteiger partial charge >= 0.3 is 0 Å². The number of aromatic nitrogens is 2. The summed E-state index contributed by atoms with van der Waals surface area (Å²) in [4.78, 5) is 12.1. The summed E-state index contributed by atoms with van der Waals surface area (Å²) in [5.41, 5.74) is 10.0. The van der Waals surface area contributed by atoms with Crippen LogP contribution < -0.4 is 11.1 Å². The Hall–Kier alpha value is -2.99. The number of carbonyl (C=O) groups excluding carboxylic acids is 1. The number of anilines is 1. The van der Waals surface area contributed by atoms with Gasteiger partial charge in [-0.05, 0) is 47.4 Å². The Morgan fingerprint density at radius 1 is 1.12 bits per heavy atom. The van der Waals surface area contributed by atoms with E-state index in [1.54, 1.807) is 12.3 Å². The molecule has 0 unspecified atom stereocenters. The number of hydrogen-bond donors (Lipinski definition) is 3. The molecule has 2 aromatic carbocycles. The maximum atomic E-state index is 13.4. The quantitative estimate of drug-likeness (QED) is 0.645. The number of rotatable bonds is 6. The highest BCUT2D eigenvalue weighted by atomic mass is 19.1. The van der Waals surface area contributed by atoms with Crippen LogP contribution in [0.3, 0.4) is 0 Å². The molecule has 25 heavy (non-hydrogen) atoms. The van der Waals surface area contributed by atoms with E-state index in [1.165, 1.54) is 12.1 Å². The van der Waals surface area contributed by atoms with Gasteiger partial charge in [-0.25, -0.2) is 4.39 Å². The molecule has 1 aromatic heterocycles. The Kier molecular flexibility index (Phi) is 5.20. The molecule has 0 saturated carbocycles. The Labute approximate surface area is 145 Å². The van der Waals surface area contributed by atoms with Crippen molar-refractivity contribution in [1.29, 1.82) is 0 Å². The molecule has 0 spiro atoms. The fourth-order valence-corrected chi connectivity index (χ4v) is 2.65. The lowest BCUT2D eigenvalue weighted by molar-refractivity contribution is -0.116. The number of nitrogens with one attached hydrogen (secondary N) is 2. The van der Waals surface area contributed by atoms with Crippen molar-refractivity contribution in [3.63, 3.8) is 0 Å². The molecule has 0 radical (unpaired) electrons. The van der Waals surface area contributed by atoms with Crippen molar-refractivity contribution in [3.05, 3.63) is 71.8 Å². The molecular formula is C19H19FN4O. The fraction of sp³-hybridized carbons (Fsp3) is 0.158. The number of halogens is 1. The van der Waals surface area contributed by atoms with Gasteiger partial charge in [0.2, 0.25) is 5.91 Å². The van der Waals surface area contributed by atoms with Crippen molar-refractivity contribution in [1.82, 2.24) is 10.2 Å².